The molecule has 2 aromatic carbocycles. The molecule has 8 nitrogen and oxygen atoms in total. The predicted molar refractivity (Wildman–Crippen MR) is 121 cm³/mol. The summed E-state index contributed by atoms with van der Waals surface area (Å²) >= 11 is 0. The second-order valence-corrected chi connectivity index (χ2v) is 7.20. The molecule has 0 saturated heterocycles. The Labute approximate surface area is 191 Å². The van der Waals surface area contributed by atoms with Gasteiger partial charge in [-0.3, -0.25) is 14.2 Å². The molecule has 0 aliphatic heterocycles. The summed E-state index contributed by atoms with van der Waals surface area (Å²) in [6, 6.07) is 11.8. The van der Waals surface area contributed by atoms with Crippen molar-refractivity contribution in [3.05, 3.63) is 100 Å². The fourth-order valence-electron chi connectivity index (χ4n) is 3.43. The lowest BCUT2D eigenvalue weighted by Crippen LogP contribution is -2.29. The summed E-state index contributed by atoms with van der Waals surface area (Å²) in [4.78, 5) is 29.0. The number of pyridine rings is 2. The van der Waals surface area contributed by atoms with E-state index in [0.29, 0.717) is 5.69 Å². The van der Waals surface area contributed by atoms with Crippen LogP contribution < -0.4 is 21.8 Å². The van der Waals surface area contributed by atoms with E-state index in [4.69, 9.17) is 16.2 Å². The molecule has 0 saturated carbocycles. The van der Waals surface area contributed by atoms with Crippen LogP contribution in [-0.2, 0) is 6.61 Å². The van der Waals surface area contributed by atoms with Gasteiger partial charge in [-0.2, -0.15) is 0 Å². The zero-order chi connectivity index (χ0) is 24.4. The third-order valence-corrected chi connectivity index (χ3v) is 5.11. The number of rotatable bonds is 6. The summed E-state index contributed by atoms with van der Waals surface area (Å²) < 4.78 is 34.8. The Morgan fingerprint density at radius 2 is 1.79 bits per heavy atom. The molecule has 5 N–H and O–H groups in total. The SMILES string of the molecule is NC(=O)c1c(-c2ccc(Oc3ccnc(N)c3CO)c(F)c2)ccn(-c2ccc(F)cc2)c1=O. The minimum absolute atomic E-state index is 0.0462. The second kappa shape index (κ2) is 9.12. The molecule has 0 radical (unpaired) electrons. The van der Waals surface area contributed by atoms with Crippen LogP contribution in [0.5, 0.6) is 11.5 Å². The summed E-state index contributed by atoms with van der Waals surface area (Å²) in [7, 11) is 0. The topological polar surface area (TPSA) is 133 Å². The van der Waals surface area contributed by atoms with Crippen molar-refractivity contribution in [2.45, 2.75) is 6.61 Å². The van der Waals surface area contributed by atoms with Gasteiger partial charge >= 0.3 is 0 Å². The number of primary amides is 1. The first-order chi connectivity index (χ1) is 16.3. The maximum atomic E-state index is 14.9. The minimum atomic E-state index is -1.00. The third-order valence-electron chi connectivity index (χ3n) is 5.11. The van der Waals surface area contributed by atoms with Crippen LogP contribution in [0.3, 0.4) is 0 Å². The maximum Gasteiger partial charge on any atom is 0.268 e. The van der Waals surface area contributed by atoms with E-state index < -0.39 is 29.7 Å². The van der Waals surface area contributed by atoms with Crippen LogP contribution in [0.4, 0.5) is 14.6 Å². The number of nitrogen functional groups attached to an aromatic ring is 1. The average Bonchev–Trinajstić information content (AvgIpc) is 2.81. The predicted octanol–water partition coefficient (Wildman–Crippen LogP) is 3.14. The molecule has 10 heteroatoms. The molecule has 4 aromatic rings. The number of aliphatic hydroxyl groups is 1. The fourth-order valence-corrected chi connectivity index (χ4v) is 3.43. The number of anilines is 1. The number of hydrogen-bond donors (Lipinski definition) is 3. The zero-order valence-electron chi connectivity index (χ0n) is 17.5. The summed E-state index contributed by atoms with van der Waals surface area (Å²) in [5, 5.41) is 9.48. The highest BCUT2D eigenvalue weighted by Gasteiger charge is 2.19. The van der Waals surface area contributed by atoms with Crippen molar-refractivity contribution >= 4 is 11.7 Å². The highest BCUT2D eigenvalue weighted by atomic mass is 19.1. The lowest BCUT2D eigenvalue weighted by Gasteiger charge is -2.14. The molecule has 0 atom stereocenters. The number of carbonyl (C=O) groups is 1. The van der Waals surface area contributed by atoms with Crippen LogP contribution in [0.1, 0.15) is 15.9 Å². The van der Waals surface area contributed by atoms with Crippen molar-refractivity contribution < 1.29 is 23.4 Å². The summed E-state index contributed by atoms with van der Waals surface area (Å²) in [6.45, 7) is -0.457. The maximum absolute atomic E-state index is 14.9. The molecule has 4 rings (SSSR count). The Morgan fingerprint density at radius 3 is 2.44 bits per heavy atom. The van der Waals surface area contributed by atoms with E-state index in [0.717, 1.165) is 10.6 Å². The van der Waals surface area contributed by atoms with Crippen molar-refractivity contribution in [1.29, 1.82) is 0 Å². The number of amides is 1. The standard InChI is InChI=1S/C24H18F2N4O4/c25-14-2-4-15(5-3-14)30-10-8-16(21(23(28)32)24(30)33)13-1-6-20(18(26)11-13)34-19-7-9-29-22(27)17(19)12-31/h1-11,31H,12H2,(H2,27,29)(H2,28,32). The normalized spacial score (nSPS) is 10.8. The van der Waals surface area contributed by atoms with Gasteiger partial charge in [-0.05, 0) is 54.1 Å². The van der Waals surface area contributed by atoms with Gasteiger partial charge in [0.15, 0.2) is 11.6 Å². The number of benzene rings is 2. The Morgan fingerprint density at radius 1 is 1.06 bits per heavy atom. The summed E-state index contributed by atoms with van der Waals surface area (Å²) in [6.07, 6.45) is 2.73. The van der Waals surface area contributed by atoms with Gasteiger partial charge in [0, 0.05) is 23.6 Å². The number of aromatic nitrogens is 2. The lowest BCUT2D eigenvalue weighted by molar-refractivity contribution is 0.0999. The molecule has 0 fully saturated rings. The van der Waals surface area contributed by atoms with Gasteiger partial charge in [-0.15, -0.1) is 0 Å². The van der Waals surface area contributed by atoms with Gasteiger partial charge in [0.2, 0.25) is 0 Å². The van der Waals surface area contributed by atoms with E-state index in [-0.39, 0.29) is 39.6 Å². The van der Waals surface area contributed by atoms with Crippen molar-refractivity contribution in [1.82, 2.24) is 9.55 Å². The lowest BCUT2D eigenvalue weighted by atomic mass is 10.0. The monoisotopic (exact) mass is 464 g/mol. The zero-order valence-corrected chi connectivity index (χ0v) is 17.5. The van der Waals surface area contributed by atoms with E-state index in [2.05, 4.69) is 4.98 Å². The Balaban J connectivity index is 1.75. The highest BCUT2D eigenvalue weighted by Crippen LogP contribution is 2.32. The van der Waals surface area contributed by atoms with E-state index in [9.17, 15) is 23.5 Å². The molecular formula is C24H18F2N4O4. The Bertz CT molecular complexity index is 1450. The van der Waals surface area contributed by atoms with Crippen LogP contribution in [0.25, 0.3) is 16.8 Å². The van der Waals surface area contributed by atoms with Gasteiger partial charge in [0.1, 0.15) is 22.9 Å². The number of aliphatic hydroxyl groups excluding tert-OH is 1. The van der Waals surface area contributed by atoms with E-state index in [1.165, 1.54) is 60.9 Å². The van der Waals surface area contributed by atoms with Crippen LogP contribution in [-0.4, -0.2) is 20.6 Å². The van der Waals surface area contributed by atoms with Gasteiger partial charge in [0.05, 0.1) is 12.2 Å². The number of ether oxygens (including phenoxy) is 1. The smallest absolute Gasteiger partial charge is 0.268 e. The number of nitrogens with two attached hydrogens (primary N) is 2. The van der Waals surface area contributed by atoms with Crippen molar-refractivity contribution in [3.8, 4) is 28.3 Å². The van der Waals surface area contributed by atoms with E-state index in [1.54, 1.807) is 0 Å². The molecule has 0 bridgehead atoms. The van der Waals surface area contributed by atoms with Gasteiger partial charge in [-0.25, -0.2) is 13.8 Å². The molecule has 0 spiro atoms. The molecule has 1 amide bonds. The third kappa shape index (κ3) is 4.21. The van der Waals surface area contributed by atoms with Crippen LogP contribution in [0.15, 0.2) is 71.8 Å². The fraction of sp³-hybridized carbons (Fsp3) is 0.0417. The number of nitrogens with zero attached hydrogens (tertiary/aromatic N) is 2. The molecule has 172 valence electrons. The first kappa shape index (κ1) is 22.6. The minimum Gasteiger partial charge on any atom is -0.454 e. The van der Waals surface area contributed by atoms with Crippen LogP contribution in [0, 0.1) is 11.6 Å². The number of hydrogen-bond acceptors (Lipinski definition) is 6. The first-order valence-electron chi connectivity index (χ1n) is 9.93. The average molecular weight is 464 g/mol. The molecule has 2 heterocycles. The van der Waals surface area contributed by atoms with Crippen LogP contribution in [0.2, 0.25) is 0 Å². The van der Waals surface area contributed by atoms with Gasteiger partial charge in [-0.1, -0.05) is 6.07 Å². The molecular weight excluding hydrogens is 446 g/mol. The summed E-state index contributed by atoms with van der Waals surface area (Å²) in [5.74, 6) is -2.29. The second-order valence-electron chi connectivity index (χ2n) is 7.20. The van der Waals surface area contributed by atoms with Gasteiger partial charge < -0.3 is 21.3 Å². The molecule has 2 aromatic heterocycles. The molecule has 0 aliphatic rings. The van der Waals surface area contributed by atoms with Crippen molar-refractivity contribution in [2.24, 2.45) is 5.73 Å². The van der Waals surface area contributed by atoms with E-state index >= 15 is 0 Å². The molecule has 0 aliphatic carbocycles. The highest BCUT2D eigenvalue weighted by molar-refractivity contribution is 5.99. The van der Waals surface area contributed by atoms with Gasteiger partial charge in [0.25, 0.3) is 11.5 Å². The number of carbonyl (C=O) groups excluding carboxylic acids is 1. The van der Waals surface area contributed by atoms with Crippen molar-refractivity contribution in [2.75, 3.05) is 5.73 Å². The Hall–Kier alpha value is -4.57. The first-order valence-corrected chi connectivity index (χ1v) is 9.93. The van der Waals surface area contributed by atoms with Crippen molar-refractivity contribution in [3.63, 3.8) is 0 Å². The number of halogens is 2. The molecule has 34 heavy (non-hydrogen) atoms. The molecule has 0 unspecified atom stereocenters. The largest absolute Gasteiger partial charge is 0.454 e. The van der Waals surface area contributed by atoms with Crippen LogP contribution >= 0.6 is 0 Å². The quantitative estimate of drug-likeness (QED) is 0.401. The summed E-state index contributed by atoms with van der Waals surface area (Å²) in [5.41, 5.74) is 10.9. The Kier molecular flexibility index (Phi) is 6.07. The van der Waals surface area contributed by atoms with E-state index in [1.807, 2.05) is 0 Å².